The molecule has 1 aromatic carbocycles. The minimum Gasteiger partial charge on any atom is -0.497 e. The van der Waals surface area contributed by atoms with Crippen molar-refractivity contribution in [2.45, 2.75) is 25.8 Å². The summed E-state index contributed by atoms with van der Waals surface area (Å²) in [4.78, 5) is 14.3. The van der Waals surface area contributed by atoms with Gasteiger partial charge in [0.05, 0.1) is 13.2 Å². The van der Waals surface area contributed by atoms with Gasteiger partial charge in [0.2, 0.25) is 5.91 Å². The van der Waals surface area contributed by atoms with Crippen LogP contribution in [-0.4, -0.2) is 38.6 Å². The van der Waals surface area contributed by atoms with E-state index in [2.05, 4.69) is 22.3 Å². The van der Waals surface area contributed by atoms with E-state index in [9.17, 15) is 4.79 Å². The minimum atomic E-state index is 0.142. The third-order valence-electron chi connectivity index (χ3n) is 4.34. The van der Waals surface area contributed by atoms with E-state index in [-0.39, 0.29) is 17.9 Å². The van der Waals surface area contributed by atoms with Crippen molar-refractivity contribution < 1.29 is 9.53 Å². The Kier molecular flexibility index (Phi) is 5.23. The summed E-state index contributed by atoms with van der Waals surface area (Å²) in [6.07, 6.45) is 2.40. The summed E-state index contributed by atoms with van der Waals surface area (Å²) < 4.78 is 5.19. The second kappa shape index (κ2) is 6.94. The molecule has 2 atom stereocenters. The molecule has 1 aliphatic rings. The first-order valence-electron chi connectivity index (χ1n) is 7.61. The number of carbonyl (C=O) groups is 1. The van der Waals surface area contributed by atoms with Crippen LogP contribution < -0.4 is 10.1 Å². The van der Waals surface area contributed by atoms with Gasteiger partial charge in [0.15, 0.2) is 0 Å². The first-order valence-corrected chi connectivity index (χ1v) is 7.61. The third kappa shape index (κ3) is 4.21. The number of nitrogens with one attached hydrogen (secondary N) is 1. The lowest BCUT2D eigenvalue weighted by Crippen LogP contribution is -2.37. The van der Waals surface area contributed by atoms with E-state index < -0.39 is 0 Å². The second-order valence-corrected chi connectivity index (χ2v) is 6.12. The van der Waals surface area contributed by atoms with Gasteiger partial charge in [-0.25, -0.2) is 0 Å². The van der Waals surface area contributed by atoms with Gasteiger partial charge in [-0.3, -0.25) is 4.79 Å². The minimum absolute atomic E-state index is 0.142. The first kappa shape index (κ1) is 15.8. The number of nitrogens with zero attached hydrogens (tertiary/aromatic N) is 1. The van der Waals surface area contributed by atoms with Crippen LogP contribution in [0.1, 0.15) is 31.4 Å². The summed E-state index contributed by atoms with van der Waals surface area (Å²) in [7, 11) is 5.73. The fourth-order valence-electron chi connectivity index (χ4n) is 2.59. The maximum absolute atomic E-state index is 12.1. The SMILES string of the molecule is COc1ccc(C(CNC(=O)C(C)C2CC2)N(C)C)cc1. The molecule has 4 heteroatoms. The van der Waals surface area contributed by atoms with Crippen LogP contribution in [0.5, 0.6) is 5.75 Å². The van der Waals surface area contributed by atoms with Gasteiger partial charge in [0.1, 0.15) is 5.75 Å². The van der Waals surface area contributed by atoms with Gasteiger partial charge in [0.25, 0.3) is 0 Å². The predicted octanol–water partition coefficient (Wildman–Crippen LogP) is 2.46. The molecule has 1 aromatic rings. The number of hydrogen-bond acceptors (Lipinski definition) is 3. The van der Waals surface area contributed by atoms with Crippen molar-refractivity contribution in [3.63, 3.8) is 0 Å². The molecular formula is C17H26N2O2. The summed E-state index contributed by atoms with van der Waals surface area (Å²) >= 11 is 0. The van der Waals surface area contributed by atoms with Gasteiger partial charge in [-0.1, -0.05) is 19.1 Å². The van der Waals surface area contributed by atoms with Gasteiger partial charge in [-0.15, -0.1) is 0 Å². The van der Waals surface area contributed by atoms with Crippen molar-refractivity contribution in [2.24, 2.45) is 11.8 Å². The average Bonchev–Trinajstić information content (AvgIpc) is 3.31. The molecule has 116 valence electrons. The van der Waals surface area contributed by atoms with Crippen LogP contribution in [0.2, 0.25) is 0 Å². The quantitative estimate of drug-likeness (QED) is 0.838. The Morgan fingerprint density at radius 2 is 1.95 bits per heavy atom. The predicted molar refractivity (Wildman–Crippen MR) is 84.3 cm³/mol. The van der Waals surface area contributed by atoms with Crippen LogP contribution in [0.25, 0.3) is 0 Å². The van der Waals surface area contributed by atoms with Gasteiger partial charge >= 0.3 is 0 Å². The van der Waals surface area contributed by atoms with Crippen molar-refractivity contribution in [1.29, 1.82) is 0 Å². The Morgan fingerprint density at radius 1 is 1.33 bits per heavy atom. The molecule has 0 heterocycles. The Hall–Kier alpha value is -1.55. The third-order valence-corrected chi connectivity index (χ3v) is 4.34. The van der Waals surface area contributed by atoms with E-state index in [0.29, 0.717) is 12.5 Å². The van der Waals surface area contributed by atoms with Crippen LogP contribution in [0.3, 0.4) is 0 Å². The molecule has 1 N–H and O–H groups in total. The lowest BCUT2D eigenvalue weighted by atomic mass is 10.0. The molecule has 2 unspecified atom stereocenters. The van der Waals surface area contributed by atoms with Crippen LogP contribution in [-0.2, 0) is 4.79 Å². The molecule has 1 fully saturated rings. The highest BCUT2D eigenvalue weighted by Crippen LogP contribution is 2.36. The number of benzene rings is 1. The summed E-state index contributed by atoms with van der Waals surface area (Å²) in [5.74, 6) is 1.77. The van der Waals surface area contributed by atoms with Crippen LogP contribution in [0, 0.1) is 11.8 Å². The van der Waals surface area contributed by atoms with Crippen molar-refractivity contribution in [3.8, 4) is 5.75 Å². The summed E-state index contributed by atoms with van der Waals surface area (Å²) in [6, 6.07) is 8.20. The maximum atomic E-state index is 12.1. The lowest BCUT2D eigenvalue weighted by molar-refractivity contribution is -0.125. The molecule has 1 amide bonds. The number of likely N-dealkylation sites (N-methyl/N-ethyl adjacent to an activating group) is 1. The zero-order chi connectivity index (χ0) is 15.4. The molecule has 0 bridgehead atoms. The molecule has 0 aromatic heterocycles. The highest BCUT2D eigenvalue weighted by Gasteiger charge is 2.32. The van der Waals surface area contributed by atoms with Crippen LogP contribution >= 0.6 is 0 Å². The lowest BCUT2D eigenvalue weighted by Gasteiger charge is -2.26. The standard InChI is InChI=1S/C17H26N2O2/c1-12(13-5-6-13)17(20)18-11-16(19(2)3)14-7-9-15(21-4)10-8-14/h7-10,12-13,16H,5-6,11H2,1-4H3,(H,18,20). The number of carbonyl (C=O) groups excluding carboxylic acids is 1. The number of rotatable bonds is 7. The summed E-state index contributed by atoms with van der Waals surface area (Å²) in [5.41, 5.74) is 1.18. The average molecular weight is 290 g/mol. The van der Waals surface area contributed by atoms with Crippen molar-refractivity contribution >= 4 is 5.91 Å². The van der Waals surface area contributed by atoms with Crippen molar-refractivity contribution in [2.75, 3.05) is 27.7 Å². The smallest absolute Gasteiger partial charge is 0.223 e. The Bertz CT molecular complexity index is 466. The highest BCUT2D eigenvalue weighted by atomic mass is 16.5. The fourth-order valence-corrected chi connectivity index (χ4v) is 2.59. The molecule has 0 radical (unpaired) electrons. The largest absolute Gasteiger partial charge is 0.497 e. The Labute approximate surface area is 127 Å². The number of ether oxygens (including phenoxy) is 1. The van der Waals surface area contributed by atoms with E-state index in [1.54, 1.807) is 7.11 Å². The Morgan fingerprint density at radius 3 is 2.43 bits per heavy atom. The molecular weight excluding hydrogens is 264 g/mol. The summed E-state index contributed by atoms with van der Waals surface area (Å²) in [6.45, 7) is 2.67. The molecule has 0 saturated heterocycles. The van der Waals surface area contributed by atoms with Gasteiger partial charge in [-0.05, 0) is 50.6 Å². The molecule has 2 rings (SSSR count). The van der Waals surface area contributed by atoms with E-state index in [1.807, 2.05) is 33.2 Å². The first-order chi connectivity index (χ1) is 10.0. The van der Waals surface area contributed by atoms with E-state index >= 15 is 0 Å². The molecule has 0 spiro atoms. The topological polar surface area (TPSA) is 41.6 Å². The molecule has 0 aliphatic heterocycles. The van der Waals surface area contributed by atoms with Crippen molar-refractivity contribution in [1.82, 2.24) is 10.2 Å². The van der Waals surface area contributed by atoms with Gasteiger partial charge < -0.3 is 15.0 Å². The van der Waals surface area contributed by atoms with Crippen molar-refractivity contribution in [3.05, 3.63) is 29.8 Å². The number of methoxy groups -OCH3 is 1. The second-order valence-electron chi connectivity index (χ2n) is 6.12. The molecule has 21 heavy (non-hydrogen) atoms. The van der Waals surface area contributed by atoms with Crippen LogP contribution in [0.4, 0.5) is 0 Å². The zero-order valence-electron chi connectivity index (χ0n) is 13.4. The number of hydrogen-bond donors (Lipinski definition) is 1. The molecule has 4 nitrogen and oxygen atoms in total. The van der Waals surface area contributed by atoms with E-state index in [0.717, 1.165) is 5.75 Å². The zero-order valence-corrected chi connectivity index (χ0v) is 13.4. The normalized spacial score (nSPS) is 17.4. The van der Waals surface area contributed by atoms with Crippen LogP contribution in [0.15, 0.2) is 24.3 Å². The van der Waals surface area contributed by atoms with Gasteiger partial charge in [-0.2, -0.15) is 0 Å². The fraction of sp³-hybridized carbons (Fsp3) is 0.588. The van der Waals surface area contributed by atoms with E-state index in [1.165, 1.54) is 18.4 Å². The molecule has 1 saturated carbocycles. The summed E-state index contributed by atoms with van der Waals surface area (Å²) in [5, 5.41) is 3.10. The number of amides is 1. The molecule has 1 aliphatic carbocycles. The monoisotopic (exact) mass is 290 g/mol. The van der Waals surface area contributed by atoms with E-state index in [4.69, 9.17) is 4.74 Å². The maximum Gasteiger partial charge on any atom is 0.223 e. The highest BCUT2D eigenvalue weighted by molar-refractivity contribution is 5.78. The van der Waals surface area contributed by atoms with Gasteiger partial charge in [0, 0.05) is 12.5 Å². The Balaban J connectivity index is 1.96.